The van der Waals surface area contributed by atoms with Crippen molar-refractivity contribution in [2.75, 3.05) is 0 Å². The normalized spacial score (nSPS) is 10.5. The van der Waals surface area contributed by atoms with Gasteiger partial charge < -0.3 is 17.5 Å². The van der Waals surface area contributed by atoms with Crippen LogP contribution in [0, 0.1) is 0 Å². The number of pyridine rings is 1. The van der Waals surface area contributed by atoms with E-state index in [1.807, 2.05) is 42.5 Å². The minimum Gasteiger partial charge on any atom is -1.00 e. The maximum Gasteiger partial charge on any atom is 0.173 e. The number of benzene rings is 2. The summed E-state index contributed by atoms with van der Waals surface area (Å²) in [6.45, 7) is 0.819. The van der Waals surface area contributed by atoms with Crippen LogP contribution >= 0.6 is 11.6 Å². The van der Waals surface area contributed by atoms with Gasteiger partial charge in [-0.2, -0.15) is 0 Å². The maximum atomic E-state index is 9.27. The molecule has 3 aromatic rings. The number of hydrogen-bond acceptors (Lipinski definition) is 1. The van der Waals surface area contributed by atoms with Crippen LogP contribution in [-0.2, 0) is 6.54 Å². The molecule has 0 amide bonds. The van der Waals surface area contributed by atoms with Crippen LogP contribution in [0.1, 0.15) is 16.7 Å². The van der Waals surface area contributed by atoms with E-state index in [0.717, 1.165) is 22.7 Å². The van der Waals surface area contributed by atoms with Gasteiger partial charge >= 0.3 is 0 Å². The molecule has 0 radical (unpaired) electrons. The van der Waals surface area contributed by atoms with Crippen LogP contribution in [0.2, 0.25) is 5.02 Å². The molecule has 0 aliphatic carbocycles. The molecule has 2 aromatic carbocycles. The maximum absolute atomic E-state index is 9.27. The third-order valence-electron chi connectivity index (χ3n) is 3.56. The fourth-order valence-electron chi connectivity index (χ4n) is 2.26. The van der Waals surface area contributed by atoms with Crippen LogP contribution < -0.4 is 17.0 Å². The van der Waals surface area contributed by atoms with Gasteiger partial charge in [0.15, 0.2) is 18.9 Å². The molecule has 0 bridgehead atoms. The summed E-state index contributed by atoms with van der Waals surface area (Å²) in [6.07, 6.45) is 8.20. The zero-order chi connectivity index (χ0) is 16.1. The van der Waals surface area contributed by atoms with Gasteiger partial charge in [0.25, 0.3) is 0 Å². The third-order valence-corrected chi connectivity index (χ3v) is 3.81. The van der Waals surface area contributed by atoms with Crippen LogP contribution in [0.5, 0.6) is 5.75 Å². The fraction of sp³-hybridized carbons (Fsp3) is 0.0500. The van der Waals surface area contributed by atoms with E-state index >= 15 is 0 Å². The van der Waals surface area contributed by atoms with Crippen LogP contribution in [0.4, 0.5) is 0 Å². The topological polar surface area (TPSA) is 24.1 Å². The van der Waals surface area contributed by atoms with Crippen LogP contribution in [-0.4, -0.2) is 5.11 Å². The molecule has 0 spiro atoms. The van der Waals surface area contributed by atoms with Gasteiger partial charge in [-0.05, 0) is 35.4 Å². The summed E-state index contributed by atoms with van der Waals surface area (Å²) in [6, 6.07) is 19.2. The first-order valence-corrected chi connectivity index (χ1v) is 7.77. The lowest BCUT2D eigenvalue weighted by atomic mass is 10.1. The summed E-state index contributed by atoms with van der Waals surface area (Å²) in [5.74, 6) is 0.283. The minimum atomic E-state index is 0. The zero-order valence-electron chi connectivity index (χ0n) is 12.9. The molecular formula is C20H17Cl2NO. The van der Waals surface area contributed by atoms with Crippen molar-refractivity contribution < 1.29 is 22.1 Å². The predicted molar refractivity (Wildman–Crippen MR) is 94.2 cm³/mol. The number of nitrogens with zero attached hydrogens (tertiary/aromatic N) is 1. The Morgan fingerprint density at radius 1 is 0.792 bits per heavy atom. The Labute approximate surface area is 153 Å². The molecule has 4 heteroatoms. The first-order valence-electron chi connectivity index (χ1n) is 7.40. The smallest absolute Gasteiger partial charge is 0.173 e. The average molecular weight is 358 g/mol. The molecule has 1 heterocycles. The molecule has 0 unspecified atom stereocenters. The van der Waals surface area contributed by atoms with Crippen LogP contribution in [0.25, 0.3) is 12.2 Å². The first kappa shape index (κ1) is 18.1. The Kier molecular flexibility index (Phi) is 6.42. The largest absolute Gasteiger partial charge is 1.00 e. The lowest BCUT2D eigenvalue weighted by molar-refractivity contribution is -0.688. The van der Waals surface area contributed by atoms with E-state index in [4.69, 9.17) is 11.6 Å². The molecule has 1 aromatic heterocycles. The minimum absolute atomic E-state index is 0. The van der Waals surface area contributed by atoms with E-state index in [-0.39, 0.29) is 18.2 Å². The molecule has 0 saturated heterocycles. The van der Waals surface area contributed by atoms with Gasteiger partial charge in [0.1, 0.15) is 5.75 Å². The highest BCUT2D eigenvalue weighted by Gasteiger charge is 2.02. The summed E-state index contributed by atoms with van der Waals surface area (Å²) >= 11 is 5.90. The molecule has 0 aliphatic heterocycles. The Morgan fingerprint density at radius 3 is 1.92 bits per heavy atom. The van der Waals surface area contributed by atoms with Crippen molar-refractivity contribution in [2.24, 2.45) is 0 Å². The van der Waals surface area contributed by atoms with Crippen molar-refractivity contribution in [1.29, 1.82) is 0 Å². The SMILES string of the molecule is Oc1ccc(/C=C/c2cc[n+](Cc3ccc(Cl)cc3)cc2)cc1.[Cl-]. The van der Waals surface area contributed by atoms with E-state index in [9.17, 15) is 5.11 Å². The summed E-state index contributed by atoms with van der Waals surface area (Å²) in [4.78, 5) is 0. The molecule has 0 aliphatic rings. The van der Waals surface area contributed by atoms with E-state index in [1.165, 1.54) is 5.56 Å². The second-order valence-electron chi connectivity index (χ2n) is 5.36. The Hall–Kier alpha value is -2.29. The van der Waals surface area contributed by atoms with Crippen LogP contribution in [0.3, 0.4) is 0 Å². The molecule has 24 heavy (non-hydrogen) atoms. The molecule has 3 rings (SSSR count). The van der Waals surface area contributed by atoms with Crippen LogP contribution in [0.15, 0.2) is 73.1 Å². The number of aromatic hydroxyl groups is 1. The Balaban J connectivity index is 0.00000208. The quantitative estimate of drug-likeness (QED) is 0.704. The fourth-order valence-corrected chi connectivity index (χ4v) is 2.39. The number of aromatic nitrogens is 1. The Bertz CT molecular complexity index is 795. The molecule has 0 atom stereocenters. The third kappa shape index (κ3) is 5.12. The number of hydrogen-bond donors (Lipinski definition) is 1. The van der Waals surface area contributed by atoms with Gasteiger partial charge in [0.05, 0.1) is 0 Å². The highest BCUT2D eigenvalue weighted by atomic mass is 35.5. The van der Waals surface area contributed by atoms with E-state index < -0.39 is 0 Å². The monoisotopic (exact) mass is 357 g/mol. The second-order valence-corrected chi connectivity index (χ2v) is 5.79. The van der Waals surface area contributed by atoms with Crippen molar-refractivity contribution in [3.8, 4) is 5.75 Å². The molecule has 0 saturated carbocycles. The zero-order valence-corrected chi connectivity index (χ0v) is 14.5. The van der Waals surface area contributed by atoms with Gasteiger partial charge in [-0.15, -0.1) is 0 Å². The molecule has 2 nitrogen and oxygen atoms in total. The summed E-state index contributed by atoms with van der Waals surface area (Å²) in [7, 11) is 0. The van der Waals surface area contributed by atoms with Crippen molar-refractivity contribution in [2.45, 2.75) is 6.54 Å². The molecule has 1 N–H and O–H groups in total. The van der Waals surface area contributed by atoms with Gasteiger partial charge in [-0.3, -0.25) is 0 Å². The van der Waals surface area contributed by atoms with Gasteiger partial charge in [-0.1, -0.05) is 48.0 Å². The Morgan fingerprint density at radius 2 is 1.33 bits per heavy atom. The van der Waals surface area contributed by atoms with E-state index in [0.29, 0.717) is 0 Å². The standard InChI is InChI=1S/C20H16ClNO.ClH/c21-19-7-3-18(4-8-19)15-22-13-11-17(12-14-22)2-1-16-5-9-20(23)10-6-16;/h1-14H,15H2;1H. The summed E-state index contributed by atoms with van der Waals surface area (Å²) in [5.41, 5.74) is 3.40. The predicted octanol–water partition coefficient (Wildman–Crippen LogP) is 1.56. The summed E-state index contributed by atoms with van der Waals surface area (Å²) in [5, 5.41) is 10.0. The molecule has 122 valence electrons. The number of rotatable bonds is 4. The second kappa shape index (κ2) is 8.53. The van der Waals surface area contributed by atoms with Crippen molar-refractivity contribution in [1.82, 2.24) is 0 Å². The van der Waals surface area contributed by atoms with Crippen molar-refractivity contribution in [3.05, 3.63) is 94.8 Å². The molecule has 0 fully saturated rings. The number of phenols is 1. The summed E-state index contributed by atoms with van der Waals surface area (Å²) < 4.78 is 2.13. The van der Waals surface area contributed by atoms with E-state index in [1.54, 1.807) is 12.1 Å². The lowest BCUT2D eigenvalue weighted by Crippen LogP contribution is -3.00. The highest BCUT2D eigenvalue weighted by molar-refractivity contribution is 6.30. The van der Waals surface area contributed by atoms with Crippen molar-refractivity contribution in [3.63, 3.8) is 0 Å². The number of phenolic OH excluding ortho intramolecular Hbond substituents is 1. The highest BCUT2D eigenvalue weighted by Crippen LogP contribution is 2.13. The first-order chi connectivity index (χ1) is 11.2. The molecular weight excluding hydrogens is 341 g/mol. The van der Waals surface area contributed by atoms with Gasteiger partial charge in [0, 0.05) is 22.7 Å². The van der Waals surface area contributed by atoms with Crippen molar-refractivity contribution >= 4 is 23.8 Å². The lowest BCUT2D eigenvalue weighted by Gasteiger charge is -1.99. The van der Waals surface area contributed by atoms with Gasteiger partial charge in [-0.25, -0.2) is 4.57 Å². The van der Waals surface area contributed by atoms with E-state index in [2.05, 4.69) is 35.2 Å². The number of halogens is 2. The average Bonchev–Trinajstić information content (AvgIpc) is 2.58. The van der Waals surface area contributed by atoms with Gasteiger partial charge in [0.2, 0.25) is 0 Å².